The predicted molar refractivity (Wildman–Crippen MR) is 87.2 cm³/mol. The van der Waals surface area contributed by atoms with E-state index in [1.807, 2.05) is 12.1 Å². The first-order valence-corrected chi connectivity index (χ1v) is 7.15. The third-order valence-electron chi connectivity index (χ3n) is 2.33. The summed E-state index contributed by atoms with van der Waals surface area (Å²) in [4.78, 5) is 0. The second-order valence-corrected chi connectivity index (χ2v) is 5.98. The van der Waals surface area contributed by atoms with Crippen molar-refractivity contribution in [1.29, 1.82) is 0 Å². The standard InChI is InChI=1S/C11H15I2NO.ClH/c1-2-3-4-10(14)8-5-7(12)6-9(13)11(8)15;/h5-6,10,15H,2-4,14H2,1H3;1H/t10-;/m1./s1. The fraction of sp³-hybridized carbons (Fsp3) is 0.455. The van der Waals surface area contributed by atoms with Crippen LogP contribution in [-0.4, -0.2) is 5.11 Å². The Morgan fingerprint density at radius 1 is 1.38 bits per heavy atom. The van der Waals surface area contributed by atoms with Crippen LogP contribution in [0.5, 0.6) is 5.75 Å². The van der Waals surface area contributed by atoms with Crippen molar-refractivity contribution in [3.05, 3.63) is 24.8 Å². The quantitative estimate of drug-likeness (QED) is 0.652. The molecule has 16 heavy (non-hydrogen) atoms. The molecule has 0 aliphatic rings. The highest BCUT2D eigenvalue weighted by Gasteiger charge is 2.13. The average Bonchev–Trinajstić information content (AvgIpc) is 2.19. The molecule has 1 aromatic rings. The van der Waals surface area contributed by atoms with Crippen LogP contribution in [0.4, 0.5) is 0 Å². The molecule has 0 fully saturated rings. The molecule has 1 aromatic carbocycles. The molecule has 0 saturated heterocycles. The third-order valence-corrected chi connectivity index (χ3v) is 3.77. The van der Waals surface area contributed by atoms with Gasteiger partial charge in [-0.15, -0.1) is 12.4 Å². The fourth-order valence-electron chi connectivity index (χ4n) is 1.45. The molecule has 5 heteroatoms. The normalized spacial score (nSPS) is 12.0. The highest BCUT2D eigenvalue weighted by atomic mass is 127. The molecule has 0 saturated carbocycles. The van der Waals surface area contributed by atoms with Crippen LogP contribution in [0, 0.1) is 7.14 Å². The topological polar surface area (TPSA) is 46.2 Å². The number of aromatic hydroxyl groups is 1. The lowest BCUT2D eigenvalue weighted by atomic mass is 10.0. The van der Waals surface area contributed by atoms with Gasteiger partial charge in [-0.25, -0.2) is 0 Å². The number of hydrogen-bond donors (Lipinski definition) is 2. The van der Waals surface area contributed by atoms with Crippen molar-refractivity contribution >= 4 is 57.6 Å². The summed E-state index contributed by atoms with van der Waals surface area (Å²) in [5.41, 5.74) is 6.93. The summed E-state index contributed by atoms with van der Waals surface area (Å²) in [6, 6.07) is 3.87. The van der Waals surface area contributed by atoms with Gasteiger partial charge in [-0.1, -0.05) is 19.8 Å². The number of nitrogens with two attached hydrogens (primary N) is 1. The van der Waals surface area contributed by atoms with Crippen molar-refractivity contribution in [3.8, 4) is 5.75 Å². The van der Waals surface area contributed by atoms with E-state index in [1.165, 1.54) is 0 Å². The Bertz CT molecular complexity index is 347. The van der Waals surface area contributed by atoms with Crippen molar-refractivity contribution < 1.29 is 5.11 Å². The lowest BCUT2D eigenvalue weighted by Crippen LogP contribution is -2.11. The summed E-state index contributed by atoms with van der Waals surface area (Å²) < 4.78 is 2.00. The Hall–Kier alpha value is 0.730. The van der Waals surface area contributed by atoms with Crippen LogP contribution in [-0.2, 0) is 0 Å². The molecule has 0 aliphatic heterocycles. The average molecular weight is 468 g/mol. The van der Waals surface area contributed by atoms with Gasteiger partial charge in [0.15, 0.2) is 0 Å². The van der Waals surface area contributed by atoms with Crippen molar-refractivity contribution in [2.45, 2.75) is 32.2 Å². The van der Waals surface area contributed by atoms with Crippen molar-refractivity contribution in [2.24, 2.45) is 5.73 Å². The van der Waals surface area contributed by atoms with E-state index in [9.17, 15) is 5.11 Å². The van der Waals surface area contributed by atoms with Crippen molar-refractivity contribution in [3.63, 3.8) is 0 Å². The molecule has 0 heterocycles. The molecule has 92 valence electrons. The van der Waals surface area contributed by atoms with Crippen LogP contribution in [0.15, 0.2) is 12.1 Å². The predicted octanol–water partition coefficient (Wildman–Crippen LogP) is 4.21. The first kappa shape index (κ1) is 16.7. The fourth-order valence-corrected chi connectivity index (χ4v) is 3.34. The monoisotopic (exact) mass is 467 g/mol. The molecular formula is C11H16ClI2NO. The van der Waals surface area contributed by atoms with Crippen LogP contribution in [0.1, 0.15) is 37.8 Å². The first-order chi connectivity index (χ1) is 7.06. The molecule has 0 bridgehead atoms. The molecule has 0 aliphatic carbocycles. The summed E-state index contributed by atoms with van der Waals surface area (Å²) in [7, 11) is 0. The minimum absolute atomic E-state index is 0. The lowest BCUT2D eigenvalue weighted by molar-refractivity contribution is 0.452. The van der Waals surface area contributed by atoms with E-state index in [0.29, 0.717) is 5.75 Å². The Balaban J connectivity index is 0.00000225. The van der Waals surface area contributed by atoms with Gasteiger partial charge in [0.2, 0.25) is 0 Å². The molecular weight excluding hydrogens is 451 g/mol. The first-order valence-electron chi connectivity index (χ1n) is 4.99. The number of phenolic OH excluding ortho intramolecular Hbond substituents is 1. The Morgan fingerprint density at radius 3 is 2.56 bits per heavy atom. The van der Waals surface area contributed by atoms with Gasteiger partial charge in [0.05, 0.1) is 3.57 Å². The Morgan fingerprint density at radius 2 is 2.00 bits per heavy atom. The van der Waals surface area contributed by atoms with Crippen LogP contribution in [0.3, 0.4) is 0 Å². The summed E-state index contributed by atoms with van der Waals surface area (Å²) in [6.45, 7) is 2.14. The minimum Gasteiger partial charge on any atom is -0.506 e. The summed E-state index contributed by atoms with van der Waals surface area (Å²) in [6.07, 6.45) is 3.17. The van der Waals surface area contributed by atoms with Gasteiger partial charge in [0.25, 0.3) is 0 Å². The molecule has 1 atom stereocenters. The second-order valence-electron chi connectivity index (χ2n) is 3.57. The smallest absolute Gasteiger partial charge is 0.133 e. The molecule has 0 spiro atoms. The zero-order chi connectivity index (χ0) is 11.4. The maximum absolute atomic E-state index is 9.90. The molecule has 0 radical (unpaired) electrons. The molecule has 0 amide bonds. The minimum atomic E-state index is -0.0480. The van der Waals surface area contributed by atoms with Crippen LogP contribution < -0.4 is 5.73 Å². The number of halogens is 3. The van der Waals surface area contributed by atoms with Gasteiger partial charge >= 0.3 is 0 Å². The maximum Gasteiger partial charge on any atom is 0.133 e. The van der Waals surface area contributed by atoms with E-state index in [1.54, 1.807) is 0 Å². The van der Waals surface area contributed by atoms with E-state index in [2.05, 4.69) is 52.1 Å². The van der Waals surface area contributed by atoms with E-state index in [4.69, 9.17) is 5.73 Å². The van der Waals surface area contributed by atoms with E-state index < -0.39 is 0 Å². The molecule has 0 unspecified atom stereocenters. The molecule has 1 rings (SSSR count). The largest absolute Gasteiger partial charge is 0.506 e. The van der Waals surface area contributed by atoms with Crippen LogP contribution in [0.25, 0.3) is 0 Å². The number of hydrogen-bond acceptors (Lipinski definition) is 2. The maximum atomic E-state index is 9.90. The summed E-state index contributed by atoms with van der Waals surface area (Å²) in [5, 5.41) is 9.90. The Kier molecular flexibility index (Phi) is 8.30. The third kappa shape index (κ3) is 4.54. The van der Waals surface area contributed by atoms with Gasteiger partial charge < -0.3 is 10.8 Å². The van der Waals surface area contributed by atoms with E-state index in [-0.39, 0.29) is 18.4 Å². The molecule has 2 nitrogen and oxygen atoms in total. The van der Waals surface area contributed by atoms with Gasteiger partial charge in [-0.2, -0.15) is 0 Å². The number of rotatable bonds is 4. The highest BCUT2D eigenvalue weighted by Crippen LogP contribution is 2.32. The van der Waals surface area contributed by atoms with E-state index >= 15 is 0 Å². The van der Waals surface area contributed by atoms with Crippen molar-refractivity contribution in [1.82, 2.24) is 0 Å². The number of phenols is 1. The summed E-state index contributed by atoms with van der Waals surface area (Å²) >= 11 is 4.38. The highest BCUT2D eigenvalue weighted by molar-refractivity contribution is 14.1. The molecule has 0 aromatic heterocycles. The van der Waals surface area contributed by atoms with Gasteiger partial charge in [0.1, 0.15) is 5.75 Å². The lowest BCUT2D eigenvalue weighted by Gasteiger charge is -2.14. The molecule has 3 N–H and O–H groups in total. The number of benzene rings is 1. The Labute approximate surface area is 130 Å². The second kappa shape index (κ2) is 7.94. The van der Waals surface area contributed by atoms with Crippen LogP contribution >= 0.6 is 57.6 Å². The zero-order valence-electron chi connectivity index (χ0n) is 9.04. The zero-order valence-corrected chi connectivity index (χ0v) is 14.2. The van der Waals surface area contributed by atoms with Crippen molar-refractivity contribution in [2.75, 3.05) is 0 Å². The van der Waals surface area contributed by atoms with E-state index in [0.717, 1.165) is 32.0 Å². The SMILES string of the molecule is CCCC[C@@H](N)c1cc(I)cc(I)c1O.Cl. The van der Waals surface area contributed by atoms with Gasteiger partial charge in [0, 0.05) is 15.2 Å². The summed E-state index contributed by atoms with van der Waals surface area (Å²) in [5.74, 6) is 0.347. The van der Waals surface area contributed by atoms with Gasteiger partial charge in [-0.3, -0.25) is 0 Å². The number of unbranched alkanes of at least 4 members (excludes halogenated alkanes) is 1. The van der Waals surface area contributed by atoms with Gasteiger partial charge in [-0.05, 0) is 63.7 Å². The van der Waals surface area contributed by atoms with Crippen LogP contribution in [0.2, 0.25) is 0 Å².